The number of amides is 1. The lowest BCUT2D eigenvalue weighted by molar-refractivity contribution is -0.0903. The molecule has 110 valence electrons. The highest BCUT2D eigenvalue weighted by Crippen LogP contribution is 2.32. The lowest BCUT2D eigenvalue weighted by Crippen LogP contribution is -2.45. The molecule has 0 radical (unpaired) electrons. The van der Waals surface area contributed by atoms with E-state index in [1.54, 1.807) is 20.1 Å². The van der Waals surface area contributed by atoms with Crippen LogP contribution >= 0.6 is 0 Å². The molecule has 0 saturated carbocycles. The van der Waals surface area contributed by atoms with Gasteiger partial charge in [-0.15, -0.1) is 0 Å². The van der Waals surface area contributed by atoms with Crippen molar-refractivity contribution in [3.8, 4) is 0 Å². The van der Waals surface area contributed by atoms with Crippen LogP contribution in [-0.2, 0) is 9.47 Å². The van der Waals surface area contributed by atoms with Gasteiger partial charge in [-0.1, -0.05) is 5.16 Å². The number of likely N-dealkylation sites (tertiary alicyclic amines) is 1. The van der Waals surface area contributed by atoms with Crippen LogP contribution in [0.3, 0.4) is 0 Å². The molecule has 3 rings (SSSR count). The summed E-state index contributed by atoms with van der Waals surface area (Å²) < 4.78 is 16.1. The van der Waals surface area contributed by atoms with Crippen LogP contribution < -0.4 is 0 Å². The zero-order chi connectivity index (χ0) is 14.1. The molecule has 0 spiro atoms. The molecule has 6 heteroatoms. The molecule has 2 aliphatic rings. The summed E-state index contributed by atoms with van der Waals surface area (Å²) in [5, 5.41) is 3.82. The molecule has 2 fully saturated rings. The summed E-state index contributed by atoms with van der Waals surface area (Å²) in [6.07, 6.45) is 3.05. The molecule has 3 heterocycles. The quantitative estimate of drug-likeness (QED) is 0.837. The third-order valence-electron chi connectivity index (χ3n) is 4.10. The lowest BCUT2D eigenvalue weighted by atomic mass is 9.99. The first kappa shape index (κ1) is 13.6. The van der Waals surface area contributed by atoms with Crippen molar-refractivity contribution < 1.29 is 18.8 Å². The number of aryl methyl sites for hydroxylation is 1. The first-order valence-electron chi connectivity index (χ1n) is 7.07. The topological polar surface area (TPSA) is 64.8 Å². The molecule has 0 aliphatic carbocycles. The van der Waals surface area contributed by atoms with Gasteiger partial charge in [-0.05, 0) is 26.2 Å². The fourth-order valence-electron chi connectivity index (χ4n) is 3.17. The van der Waals surface area contributed by atoms with E-state index in [1.807, 2.05) is 4.90 Å². The number of nitrogens with zero attached hydrogens (tertiary/aromatic N) is 2. The van der Waals surface area contributed by atoms with Crippen molar-refractivity contribution in [3.05, 3.63) is 17.5 Å². The molecule has 0 N–H and O–H groups in total. The van der Waals surface area contributed by atoms with Gasteiger partial charge in [0.25, 0.3) is 5.91 Å². The van der Waals surface area contributed by atoms with Crippen LogP contribution in [0.4, 0.5) is 0 Å². The summed E-state index contributed by atoms with van der Waals surface area (Å²) in [7, 11) is 1.69. The molecular formula is C14H20N2O4. The number of methoxy groups -OCH3 is 1. The number of aromatic nitrogens is 1. The maximum atomic E-state index is 12.4. The zero-order valence-corrected chi connectivity index (χ0v) is 11.9. The number of carbonyl (C=O) groups is 1. The van der Waals surface area contributed by atoms with Gasteiger partial charge < -0.3 is 18.9 Å². The van der Waals surface area contributed by atoms with Gasteiger partial charge in [-0.2, -0.15) is 0 Å². The number of fused-ring (bicyclic) bond motifs is 1. The van der Waals surface area contributed by atoms with Crippen molar-refractivity contribution in [2.75, 3.05) is 20.3 Å². The predicted octanol–water partition coefficient (Wildman–Crippen LogP) is 1.39. The van der Waals surface area contributed by atoms with Crippen molar-refractivity contribution in [2.45, 2.75) is 44.4 Å². The lowest BCUT2D eigenvalue weighted by Gasteiger charge is -2.35. The number of carbonyl (C=O) groups excluding carboxylic acids is 1. The number of ether oxygens (including phenoxy) is 2. The number of rotatable bonds is 3. The molecule has 2 aliphatic heterocycles. The smallest absolute Gasteiger partial charge is 0.276 e. The van der Waals surface area contributed by atoms with Gasteiger partial charge in [0, 0.05) is 19.7 Å². The van der Waals surface area contributed by atoms with E-state index >= 15 is 0 Å². The normalized spacial score (nSPS) is 29.5. The molecule has 3 atom stereocenters. The van der Waals surface area contributed by atoms with E-state index in [0.717, 1.165) is 25.8 Å². The maximum absolute atomic E-state index is 12.4. The highest BCUT2D eigenvalue weighted by molar-refractivity contribution is 5.92. The average molecular weight is 280 g/mol. The van der Waals surface area contributed by atoms with Crippen molar-refractivity contribution in [1.82, 2.24) is 10.1 Å². The van der Waals surface area contributed by atoms with Gasteiger partial charge in [-0.25, -0.2) is 0 Å². The van der Waals surface area contributed by atoms with E-state index in [4.69, 9.17) is 14.0 Å². The fourth-order valence-corrected chi connectivity index (χ4v) is 3.17. The number of hydrogen-bond acceptors (Lipinski definition) is 5. The second-order valence-corrected chi connectivity index (χ2v) is 5.51. The summed E-state index contributed by atoms with van der Waals surface area (Å²) in [4.78, 5) is 14.3. The van der Waals surface area contributed by atoms with Crippen molar-refractivity contribution in [2.24, 2.45) is 0 Å². The van der Waals surface area contributed by atoms with Crippen molar-refractivity contribution in [1.29, 1.82) is 0 Å². The van der Waals surface area contributed by atoms with E-state index in [9.17, 15) is 4.79 Å². The van der Waals surface area contributed by atoms with Gasteiger partial charge in [0.05, 0.1) is 24.9 Å². The minimum Gasteiger partial charge on any atom is -0.382 e. The van der Waals surface area contributed by atoms with Crippen LogP contribution in [0.2, 0.25) is 0 Å². The van der Waals surface area contributed by atoms with Crippen molar-refractivity contribution >= 4 is 5.91 Å². The molecule has 6 nitrogen and oxygen atoms in total. The van der Waals surface area contributed by atoms with Gasteiger partial charge in [0.2, 0.25) is 0 Å². The summed E-state index contributed by atoms with van der Waals surface area (Å²) in [6.45, 7) is 3.13. The van der Waals surface area contributed by atoms with E-state index in [-0.39, 0.29) is 24.2 Å². The minimum atomic E-state index is -0.0526. The van der Waals surface area contributed by atoms with Crippen LogP contribution in [0.5, 0.6) is 0 Å². The van der Waals surface area contributed by atoms with Crippen LogP contribution in [0.15, 0.2) is 10.6 Å². The standard InChI is InChI=1S/C14H20N2O4/c1-9-7-11(15-20-9)14(17)16-6-5-13-12(16)4-3-10(19-13)8-18-2/h7,10,12-13H,3-6,8H2,1-2H3/t10-,12+,13+/m1/s1. The summed E-state index contributed by atoms with van der Waals surface area (Å²) >= 11 is 0. The van der Waals surface area contributed by atoms with Gasteiger partial charge in [0.15, 0.2) is 5.69 Å². The molecule has 0 aromatic carbocycles. The Bertz CT molecular complexity index is 487. The third kappa shape index (κ3) is 2.45. The Morgan fingerprint density at radius 1 is 1.50 bits per heavy atom. The monoisotopic (exact) mass is 280 g/mol. The second-order valence-electron chi connectivity index (χ2n) is 5.51. The number of hydrogen-bond donors (Lipinski definition) is 0. The molecular weight excluding hydrogens is 260 g/mol. The SMILES string of the molecule is COC[C@H]1CC[C@H]2[C@H](CCN2C(=O)c2cc(C)on2)O1. The highest BCUT2D eigenvalue weighted by Gasteiger charge is 2.42. The summed E-state index contributed by atoms with van der Waals surface area (Å²) in [5.74, 6) is 0.604. The first-order valence-corrected chi connectivity index (χ1v) is 7.07. The molecule has 1 aromatic heterocycles. The zero-order valence-electron chi connectivity index (χ0n) is 11.9. The van der Waals surface area contributed by atoms with Crippen LogP contribution in [-0.4, -0.2) is 54.5 Å². The van der Waals surface area contributed by atoms with Crippen LogP contribution in [0.25, 0.3) is 0 Å². The van der Waals surface area contributed by atoms with Gasteiger partial charge in [0.1, 0.15) is 5.76 Å². The van der Waals surface area contributed by atoms with Crippen molar-refractivity contribution in [3.63, 3.8) is 0 Å². The Hall–Kier alpha value is -1.40. The maximum Gasteiger partial charge on any atom is 0.276 e. The Morgan fingerprint density at radius 3 is 3.05 bits per heavy atom. The van der Waals surface area contributed by atoms with E-state index in [0.29, 0.717) is 18.1 Å². The average Bonchev–Trinajstić information content (AvgIpc) is 3.04. The molecule has 20 heavy (non-hydrogen) atoms. The van der Waals surface area contributed by atoms with Gasteiger partial charge >= 0.3 is 0 Å². The van der Waals surface area contributed by atoms with E-state index in [2.05, 4.69) is 5.16 Å². The third-order valence-corrected chi connectivity index (χ3v) is 4.10. The molecule has 1 aromatic rings. The summed E-state index contributed by atoms with van der Waals surface area (Å²) in [6, 6.07) is 1.85. The Morgan fingerprint density at radius 2 is 2.35 bits per heavy atom. The molecule has 2 saturated heterocycles. The fraction of sp³-hybridized carbons (Fsp3) is 0.714. The van der Waals surface area contributed by atoms with Crippen LogP contribution in [0.1, 0.15) is 35.5 Å². The largest absolute Gasteiger partial charge is 0.382 e. The first-order chi connectivity index (χ1) is 9.69. The molecule has 0 bridgehead atoms. The molecule has 0 unspecified atom stereocenters. The van der Waals surface area contributed by atoms with Crippen LogP contribution in [0, 0.1) is 6.92 Å². The Labute approximate surface area is 118 Å². The van der Waals surface area contributed by atoms with E-state index < -0.39 is 0 Å². The van der Waals surface area contributed by atoms with Gasteiger partial charge in [-0.3, -0.25) is 4.79 Å². The Balaban J connectivity index is 1.67. The molecule has 1 amide bonds. The predicted molar refractivity (Wildman–Crippen MR) is 70.5 cm³/mol. The second kappa shape index (κ2) is 5.54. The van der Waals surface area contributed by atoms with E-state index in [1.165, 1.54) is 0 Å². The highest BCUT2D eigenvalue weighted by atomic mass is 16.5. The minimum absolute atomic E-state index is 0.0526. The summed E-state index contributed by atoms with van der Waals surface area (Å²) in [5.41, 5.74) is 0.391. The Kier molecular flexibility index (Phi) is 3.76.